The van der Waals surface area contributed by atoms with Gasteiger partial charge in [0.05, 0.1) is 23.5 Å². The summed E-state index contributed by atoms with van der Waals surface area (Å²) in [5, 5.41) is 13.3. The van der Waals surface area contributed by atoms with Crippen molar-refractivity contribution in [3.05, 3.63) is 116 Å². The molecular formula is C34H32ClF3N2O4. The summed E-state index contributed by atoms with van der Waals surface area (Å²) in [6, 6.07) is 13.2. The molecule has 1 aliphatic heterocycles. The van der Waals surface area contributed by atoms with Gasteiger partial charge in [-0.3, -0.25) is 9.59 Å². The number of amides is 1. The second-order valence-corrected chi connectivity index (χ2v) is 12.0. The fourth-order valence-electron chi connectivity index (χ4n) is 5.38. The van der Waals surface area contributed by atoms with E-state index in [-0.39, 0.29) is 24.8 Å². The van der Waals surface area contributed by atoms with Gasteiger partial charge in [0.2, 0.25) is 5.76 Å². The number of allylic oxidation sites excluding steroid dienone is 3. The van der Waals surface area contributed by atoms with Crippen LogP contribution in [0.25, 0.3) is 11.6 Å². The molecule has 0 saturated heterocycles. The lowest BCUT2D eigenvalue weighted by Gasteiger charge is -2.29. The van der Waals surface area contributed by atoms with E-state index in [2.05, 4.69) is 5.32 Å². The number of halogens is 4. The lowest BCUT2D eigenvalue weighted by atomic mass is 9.83. The third-order valence-corrected chi connectivity index (χ3v) is 8.46. The molecule has 3 aromatic rings. The molecule has 1 aliphatic carbocycles. The van der Waals surface area contributed by atoms with Crippen molar-refractivity contribution in [1.82, 2.24) is 10.2 Å². The number of furan rings is 1. The molecule has 2 aromatic carbocycles. The highest BCUT2D eigenvalue weighted by atomic mass is 35.5. The van der Waals surface area contributed by atoms with E-state index in [9.17, 15) is 27.9 Å². The van der Waals surface area contributed by atoms with Crippen LogP contribution < -0.4 is 5.32 Å². The summed E-state index contributed by atoms with van der Waals surface area (Å²) in [7, 11) is 0. The zero-order valence-corrected chi connectivity index (χ0v) is 25.3. The summed E-state index contributed by atoms with van der Waals surface area (Å²) in [6.07, 6.45) is 2.68. The highest BCUT2D eigenvalue weighted by Crippen LogP contribution is 2.33. The van der Waals surface area contributed by atoms with Crippen LogP contribution in [-0.2, 0) is 29.4 Å². The lowest BCUT2D eigenvalue weighted by molar-refractivity contribution is -0.153. The molecular weight excluding hydrogens is 593 g/mol. The Balaban J connectivity index is 1.49. The van der Waals surface area contributed by atoms with Gasteiger partial charge in [0.1, 0.15) is 5.76 Å². The normalized spacial score (nSPS) is 15.0. The monoisotopic (exact) mass is 624 g/mol. The quantitative estimate of drug-likeness (QED) is 0.268. The summed E-state index contributed by atoms with van der Waals surface area (Å²) in [4.78, 5) is 27.4. The number of hydrogen-bond acceptors (Lipinski definition) is 4. The number of rotatable bonds is 8. The predicted molar refractivity (Wildman–Crippen MR) is 163 cm³/mol. The molecule has 2 aliphatic rings. The molecule has 0 bridgehead atoms. The molecule has 0 unspecified atom stereocenters. The molecule has 230 valence electrons. The highest BCUT2D eigenvalue weighted by molar-refractivity contribution is 6.32. The number of hydrogen-bond donors (Lipinski definition) is 2. The number of carbonyl (C=O) groups is 2. The van der Waals surface area contributed by atoms with E-state index in [0.717, 1.165) is 46.7 Å². The summed E-state index contributed by atoms with van der Waals surface area (Å²) in [6.45, 7) is 5.23. The van der Waals surface area contributed by atoms with Crippen LogP contribution in [0, 0.1) is 6.92 Å². The van der Waals surface area contributed by atoms with Crippen molar-refractivity contribution in [3.63, 3.8) is 0 Å². The lowest BCUT2D eigenvalue weighted by Crippen LogP contribution is -2.37. The van der Waals surface area contributed by atoms with E-state index in [1.54, 1.807) is 32.1 Å². The van der Waals surface area contributed by atoms with Gasteiger partial charge in [-0.25, -0.2) is 0 Å². The molecule has 1 amide bonds. The first-order valence-electron chi connectivity index (χ1n) is 14.2. The van der Waals surface area contributed by atoms with Crippen molar-refractivity contribution in [2.24, 2.45) is 0 Å². The van der Waals surface area contributed by atoms with Crippen LogP contribution in [0.4, 0.5) is 13.2 Å². The zero-order valence-electron chi connectivity index (χ0n) is 24.5. The molecule has 1 aromatic heterocycles. The number of dihydropyridines is 1. The fourth-order valence-corrected chi connectivity index (χ4v) is 5.64. The Morgan fingerprint density at radius 2 is 1.86 bits per heavy atom. The third-order valence-electron chi connectivity index (χ3n) is 8.12. The number of aryl methyl sites for hydroxylation is 2. The Labute approximate surface area is 258 Å². The number of benzene rings is 2. The van der Waals surface area contributed by atoms with Gasteiger partial charge >= 0.3 is 12.1 Å². The molecule has 0 fully saturated rings. The van der Waals surface area contributed by atoms with E-state index < -0.39 is 23.3 Å². The first kappa shape index (κ1) is 31.2. The third kappa shape index (κ3) is 6.33. The average molecular weight is 625 g/mol. The van der Waals surface area contributed by atoms with Gasteiger partial charge in [-0.05, 0) is 85.2 Å². The average Bonchev–Trinajstić information content (AvgIpc) is 3.47. The largest absolute Gasteiger partial charge is 0.481 e. The molecule has 2 N–H and O–H groups in total. The number of nitrogens with one attached hydrogen (secondary N) is 1. The number of fused-ring (bicyclic) bond motifs is 1. The first-order chi connectivity index (χ1) is 20.8. The van der Waals surface area contributed by atoms with E-state index in [1.807, 2.05) is 43.3 Å². The standard InChI is InChI=1S/C34H32ClF3N2O4/c1-20-11-12-21-7-4-5-10-26(21)30(20)31(41)40(18-25-13-14-29(44-25)34(36,37)38)19-28-27(35)16-23(17-39-28)22-8-6-9-24(15-22)33(2,3)32(42)43/h5-6,8-16,39H,4,7,17-19H2,1-3H3,(H,42,43). The van der Waals surface area contributed by atoms with Gasteiger partial charge < -0.3 is 19.7 Å². The number of aliphatic carboxylic acids is 1. The van der Waals surface area contributed by atoms with E-state index >= 15 is 0 Å². The van der Waals surface area contributed by atoms with Gasteiger partial charge in [0.25, 0.3) is 5.91 Å². The van der Waals surface area contributed by atoms with Crippen molar-refractivity contribution >= 4 is 35.1 Å². The van der Waals surface area contributed by atoms with Crippen LogP contribution in [0.2, 0.25) is 0 Å². The predicted octanol–water partition coefficient (Wildman–Crippen LogP) is 7.71. The Bertz CT molecular complexity index is 1720. The Morgan fingerprint density at radius 1 is 1.09 bits per heavy atom. The van der Waals surface area contributed by atoms with Crippen LogP contribution in [0.3, 0.4) is 0 Å². The summed E-state index contributed by atoms with van der Waals surface area (Å²) in [5.74, 6) is -2.44. The van der Waals surface area contributed by atoms with Gasteiger partial charge in [0.15, 0.2) is 0 Å². The number of alkyl halides is 3. The molecule has 0 radical (unpaired) electrons. The SMILES string of the molecule is Cc1ccc2c(c1C(=O)N(CC1=C(Cl)C=C(c3cccc(C(C)(C)C(=O)O)c3)CN1)Cc1ccc(C(F)(F)F)o1)C=CCC2. The second kappa shape index (κ2) is 12.0. The second-order valence-electron chi connectivity index (χ2n) is 11.6. The summed E-state index contributed by atoms with van der Waals surface area (Å²) >= 11 is 6.74. The smallest absolute Gasteiger partial charge is 0.449 e. The minimum absolute atomic E-state index is 0.00899. The van der Waals surface area contributed by atoms with Crippen molar-refractivity contribution in [3.8, 4) is 0 Å². The van der Waals surface area contributed by atoms with E-state index in [1.165, 1.54) is 11.0 Å². The maximum atomic E-state index is 14.2. The Hall–Kier alpha value is -4.24. The molecule has 0 saturated carbocycles. The molecule has 5 rings (SSSR count). The molecule has 0 spiro atoms. The van der Waals surface area contributed by atoms with Crippen molar-refractivity contribution in [2.45, 2.75) is 51.7 Å². The number of carbonyl (C=O) groups excluding carboxylic acids is 1. The van der Waals surface area contributed by atoms with Crippen molar-refractivity contribution in [2.75, 3.05) is 13.1 Å². The number of carboxylic acids is 1. The van der Waals surface area contributed by atoms with E-state index in [4.69, 9.17) is 16.0 Å². The fraction of sp³-hybridized carbons (Fsp3) is 0.294. The van der Waals surface area contributed by atoms with Crippen LogP contribution >= 0.6 is 11.6 Å². The first-order valence-corrected chi connectivity index (χ1v) is 14.5. The minimum atomic E-state index is -4.65. The number of carboxylic acid groups (broad SMARTS) is 1. The highest BCUT2D eigenvalue weighted by Gasteiger charge is 2.35. The Kier molecular flexibility index (Phi) is 8.53. The molecule has 2 heterocycles. The Morgan fingerprint density at radius 3 is 2.55 bits per heavy atom. The van der Waals surface area contributed by atoms with E-state index in [0.29, 0.717) is 28.4 Å². The summed E-state index contributed by atoms with van der Waals surface area (Å²) in [5.41, 5.74) is 4.77. The van der Waals surface area contributed by atoms with Gasteiger partial charge in [-0.15, -0.1) is 0 Å². The van der Waals surface area contributed by atoms with Crippen LogP contribution in [0.5, 0.6) is 0 Å². The van der Waals surface area contributed by atoms with Crippen molar-refractivity contribution in [1.29, 1.82) is 0 Å². The molecule has 0 atom stereocenters. The van der Waals surface area contributed by atoms with Gasteiger partial charge in [0, 0.05) is 17.8 Å². The minimum Gasteiger partial charge on any atom is -0.481 e. The van der Waals surface area contributed by atoms with Gasteiger partial charge in [-0.2, -0.15) is 13.2 Å². The maximum absolute atomic E-state index is 14.2. The zero-order chi connectivity index (χ0) is 31.8. The maximum Gasteiger partial charge on any atom is 0.449 e. The van der Waals surface area contributed by atoms with Crippen LogP contribution in [0.15, 0.2) is 75.8 Å². The molecule has 6 nitrogen and oxygen atoms in total. The van der Waals surface area contributed by atoms with Gasteiger partial charge in [-0.1, -0.05) is 60.2 Å². The van der Waals surface area contributed by atoms with Crippen LogP contribution in [0.1, 0.15) is 70.0 Å². The number of nitrogens with zero attached hydrogens (tertiary/aromatic N) is 1. The topological polar surface area (TPSA) is 82.8 Å². The van der Waals surface area contributed by atoms with Crippen LogP contribution in [-0.4, -0.2) is 35.0 Å². The summed E-state index contributed by atoms with van der Waals surface area (Å²) < 4.78 is 44.9. The molecule has 44 heavy (non-hydrogen) atoms. The van der Waals surface area contributed by atoms with Crippen molar-refractivity contribution < 1.29 is 32.3 Å². The molecule has 10 heteroatoms.